The molecule has 0 radical (unpaired) electrons. The van der Waals surface area contributed by atoms with Crippen LogP contribution in [-0.2, 0) is 4.74 Å². The van der Waals surface area contributed by atoms with Crippen LogP contribution in [0.4, 0.5) is 5.69 Å². The van der Waals surface area contributed by atoms with Gasteiger partial charge in [-0.15, -0.1) is 0 Å². The second kappa shape index (κ2) is 6.05. The molecule has 0 saturated carbocycles. The fourth-order valence-corrected chi connectivity index (χ4v) is 2.42. The van der Waals surface area contributed by atoms with E-state index >= 15 is 0 Å². The monoisotopic (exact) mass is 287 g/mol. The lowest BCUT2D eigenvalue weighted by Gasteiger charge is -2.24. The molecule has 0 N–H and O–H groups in total. The Morgan fingerprint density at radius 3 is 2.86 bits per heavy atom. The van der Waals surface area contributed by atoms with Gasteiger partial charge in [-0.25, -0.2) is 0 Å². The van der Waals surface area contributed by atoms with Crippen LogP contribution in [0.15, 0.2) is 35.1 Å². The Morgan fingerprint density at radius 1 is 1.43 bits per heavy atom. The van der Waals surface area contributed by atoms with Crippen LogP contribution in [0, 0.1) is 6.92 Å². The molecule has 1 atom stereocenters. The molecule has 0 aromatic carbocycles. The maximum absolute atomic E-state index is 12.7. The van der Waals surface area contributed by atoms with Gasteiger partial charge in [0.25, 0.3) is 5.91 Å². The summed E-state index contributed by atoms with van der Waals surface area (Å²) >= 11 is 0. The number of rotatable bonds is 4. The van der Waals surface area contributed by atoms with Crippen LogP contribution in [0.3, 0.4) is 0 Å². The minimum Gasteiger partial charge on any atom is -0.376 e. The Hall–Kier alpha value is -2.21. The summed E-state index contributed by atoms with van der Waals surface area (Å²) in [5, 5.41) is 3.78. The van der Waals surface area contributed by atoms with Crippen molar-refractivity contribution >= 4 is 11.6 Å². The topological polar surface area (TPSA) is 68.5 Å². The van der Waals surface area contributed by atoms with E-state index in [-0.39, 0.29) is 17.8 Å². The summed E-state index contributed by atoms with van der Waals surface area (Å²) in [6, 6.07) is 5.25. The lowest BCUT2D eigenvalue weighted by atomic mass is 10.2. The largest absolute Gasteiger partial charge is 0.376 e. The Balaban J connectivity index is 1.86. The lowest BCUT2D eigenvalue weighted by Crippen LogP contribution is -2.37. The number of aromatic nitrogens is 2. The molecule has 1 fully saturated rings. The van der Waals surface area contributed by atoms with Gasteiger partial charge in [0.05, 0.1) is 18.3 Å². The molecule has 2 aromatic heterocycles. The number of anilines is 1. The maximum atomic E-state index is 12.7. The summed E-state index contributed by atoms with van der Waals surface area (Å²) in [4.78, 5) is 18.3. The standard InChI is InChI=1S/C15H17N3O3/c1-11-9-14(21-17-11)15(19)18(10-13-3-2-8-20-13)12-4-6-16-7-5-12/h4-7,9,13H,2-3,8,10H2,1H3. The van der Waals surface area contributed by atoms with Crippen LogP contribution in [0.5, 0.6) is 0 Å². The first-order chi connectivity index (χ1) is 10.2. The minimum atomic E-state index is -0.211. The molecule has 0 aliphatic carbocycles. The zero-order valence-electron chi connectivity index (χ0n) is 11.9. The third kappa shape index (κ3) is 3.11. The molecule has 3 heterocycles. The molecule has 110 valence electrons. The second-order valence-corrected chi connectivity index (χ2v) is 5.09. The number of amides is 1. The van der Waals surface area contributed by atoms with Gasteiger partial charge in [0, 0.05) is 30.8 Å². The summed E-state index contributed by atoms with van der Waals surface area (Å²) in [5.74, 6) is 0.0274. The van der Waals surface area contributed by atoms with Gasteiger partial charge in [0.15, 0.2) is 0 Å². The lowest BCUT2D eigenvalue weighted by molar-refractivity contribution is 0.0887. The molecule has 6 heteroatoms. The normalized spacial score (nSPS) is 17.9. The molecule has 3 rings (SSSR count). The van der Waals surface area contributed by atoms with Crippen LogP contribution in [-0.4, -0.2) is 35.3 Å². The van der Waals surface area contributed by atoms with E-state index in [0.717, 1.165) is 25.1 Å². The number of hydrogen-bond acceptors (Lipinski definition) is 5. The van der Waals surface area contributed by atoms with Gasteiger partial charge in [0.2, 0.25) is 5.76 Å². The highest BCUT2D eigenvalue weighted by atomic mass is 16.5. The van der Waals surface area contributed by atoms with Crippen LogP contribution >= 0.6 is 0 Å². The van der Waals surface area contributed by atoms with Crippen molar-refractivity contribution in [3.8, 4) is 0 Å². The predicted molar refractivity (Wildman–Crippen MR) is 76.1 cm³/mol. The van der Waals surface area contributed by atoms with Gasteiger partial charge in [-0.05, 0) is 31.9 Å². The van der Waals surface area contributed by atoms with E-state index in [0.29, 0.717) is 12.2 Å². The Morgan fingerprint density at radius 2 is 2.24 bits per heavy atom. The Bertz CT molecular complexity index is 606. The van der Waals surface area contributed by atoms with Crippen LogP contribution < -0.4 is 4.90 Å². The summed E-state index contributed by atoms with van der Waals surface area (Å²) in [6.07, 6.45) is 5.38. The van der Waals surface area contributed by atoms with E-state index in [4.69, 9.17) is 9.26 Å². The van der Waals surface area contributed by atoms with Crippen molar-refractivity contribution < 1.29 is 14.1 Å². The van der Waals surface area contributed by atoms with Crippen LogP contribution in [0.25, 0.3) is 0 Å². The summed E-state index contributed by atoms with van der Waals surface area (Å²) < 4.78 is 10.7. The van der Waals surface area contributed by atoms with Crippen molar-refractivity contribution in [1.29, 1.82) is 0 Å². The summed E-state index contributed by atoms with van der Waals surface area (Å²) in [5.41, 5.74) is 1.46. The molecular formula is C15H17N3O3. The number of carbonyl (C=O) groups is 1. The van der Waals surface area contributed by atoms with Gasteiger partial charge >= 0.3 is 0 Å². The third-order valence-electron chi connectivity index (χ3n) is 3.47. The van der Waals surface area contributed by atoms with Gasteiger partial charge in [-0.1, -0.05) is 5.16 Å². The predicted octanol–water partition coefficient (Wildman–Crippen LogP) is 2.20. The minimum absolute atomic E-state index is 0.0612. The van der Waals surface area contributed by atoms with Gasteiger partial charge in [-0.3, -0.25) is 9.78 Å². The molecule has 1 saturated heterocycles. The quantitative estimate of drug-likeness (QED) is 0.862. The first kappa shape index (κ1) is 13.8. The van der Waals surface area contributed by atoms with E-state index in [1.165, 1.54) is 0 Å². The van der Waals surface area contributed by atoms with Crippen molar-refractivity contribution in [3.05, 3.63) is 42.0 Å². The number of hydrogen-bond donors (Lipinski definition) is 0. The van der Waals surface area contributed by atoms with Crippen LogP contribution in [0.2, 0.25) is 0 Å². The van der Waals surface area contributed by atoms with E-state index in [2.05, 4.69) is 10.1 Å². The highest BCUT2D eigenvalue weighted by Gasteiger charge is 2.26. The van der Waals surface area contributed by atoms with Crippen molar-refractivity contribution in [3.63, 3.8) is 0 Å². The molecule has 1 unspecified atom stereocenters. The van der Waals surface area contributed by atoms with Crippen LogP contribution in [0.1, 0.15) is 29.1 Å². The zero-order chi connectivity index (χ0) is 14.7. The molecule has 6 nitrogen and oxygen atoms in total. The number of pyridine rings is 1. The van der Waals surface area contributed by atoms with Gasteiger partial charge in [0.1, 0.15) is 0 Å². The highest BCUT2D eigenvalue weighted by molar-refractivity contribution is 6.04. The maximum Gasteiger partial charge on any atom is 0.296 e. The molecular weight excluding hydrogens is 270 g/mol. The molecule has 0 spiro atoms. The first-order valence-corrected chi connectivity index (χ1v) is 7.01. The van der Waals surface area contributed by atoms with E-state index in [1.54, 1.807) is 42.4 Å². The number of carbonyl (C=O) groups excluding carboxylic acids is 1. The summed E-state index contributed by atoms with van der Waals surface area (Å²) in [7, 11) is 0. The van der Waals surface area contributed by atoms with Crippen molar-refractivity contribution in [2.45, 2.75) is 25.9 Å². The van der Waals surface area contributed by atoms with Crippen molar-refractivity contribution in [2.24, 2.45) is 0 Å². The Kier molecular flexibility index (Phi) is 3.96. The highest BCUT2D eigenvalue weighted by Crippen LogP contribution is 2.21. The second-order valence-electron chi connectivity index (χ2n) is 5.09. The number of nitrogens with zero attached hydrogens (tertiary/aromatic N) is 3. The fourth-order valence-electron chi connectivity index (χ4n) is 2.42. The van der Waals surface area contributed by atoms with Crippen molar-refractivity contribution in [2.75, 3.05) is 18.1 Å². The van der Waals surface area contributed by atoms with Gasteiger partial charge < -0.3 is 14.2 Å². The van der Waals surface area contributed by atoms with E-state index in [1.807, 2.05) is 0 Å². The molecule has 2 aromatic rings. The first-order valence-electron chi connectivity index (χ1n) is 7.01. The molecule has 1 amide bonds. The average molecular weight is 287 g/mol. The number of aryl methyl sites for hydroxylation is 1. The number of ether oxygens (including phenoxy) is 1. The van der Waals surface area contributed by atoms with Crippen molar-refractivity contribution in [1.82, 2.24) is 10.1 Å². The fraction of sp³-hybridized carbons (Fsp3) is 0.400. The molecule has 0 bridgehead atoms. The summed E-state index contributed by atoms with van der Waals surface area (Å²) in [6.45, 7) is 3.05. The van der Waals surface area contributed by atoms with E-state index < -0.39 is 0 Å². The van der Waals surface area contributed by atoms with Gasteiger partial charge in [-0.2, -0.15) is 0 Å². The molecule has 1 aliphatic rings. The SMILES string of the molecule is Cc1cc(C(=O)N(CC2CCCO2)c2ccncc2)on1. The smallest absolute Gasteiger partial charge is 0.296 e. The third-order valence-corrected chi connectivity index (χ3v) is 3.47. The molecule has 21 heavy (non-hydrogen) atoms. The average Bonchev–Trinajstić information content (AvgIpc) is 3.16. The van der Waals surface area contributed by atoms with E-state index in [9.17, 15) is 4.79 Å². The molecule has 1 aliphatic heterocycles. The zero-order valence-corrected chi connectivity index (χ0v) is 11.9. The Labute approximate surface area is 122 Å².